The first kappa shape index (κ1) is 7.44. The lowest BCUT2D eigenvalue weighted by molar-refractivity contribution is 0.558. The number of aromatic nitrogens is 2. The highest BCUT2D eigenvalue weighted by atomic mass is 16.4. The maximum Gasteiger partial charge on any atom is 0.417 e. The van der Waals surface area contributed by atoms with E-state index in [-0.39, 0.29) is 0 Å². The minimum absolute atomic E-state index is 0.409. The summed E-state index contributed by atoms with van der Waals surface area (Å²) in [5.41, 5.74) is 3.43. The van der Waals surface area contributed by atoms with Crippen molar-refractivity contribution in [3.63, 3.8) is 0 Å². The molecule has 0 spiro atoms. The molecule has 2 N–H and O–H groups in total. The van der Waals surface area contributed by atoms with Gasteiger partial charge in [-0.25, -0.2) is 4.79 Å². The van der Waals surface area contributed by atoms with Crippen LogP contribution in [0.5, 0.6) is 0 Å². The van der Waals surface area contributed by atoms with Gasteiger partial charge in [0.15, 0.2) is 5.58 Å². The smallest absolute Gasteiger partial charge is 0.407 e. The van der Waals surface area contributed by atoms with Gasteiger partial charge in [0.1, 0.15) is 0 Å². The van der Waals surface area contributed by atoms with E-state index < -0.39 is 5.76 Å². The van der Waals surface area contributed by atoms with Crippen LogP contribution in [0.4, 0.5) is 0 Å². The number of rotatable bonds is 0. The normalized spacial score (nSPS) is 11.5. The van der Waals surface area contributed by atoms with E-state index in [0.29, 0.717) is 5.58 Å². The number of H-pyrrole nitrogens is 2. The molecule has 0 unspecified atom stereocenters. The summed E-state index contributed by atoms with van der Waals surface area (Å²) in [5, 5.41) is 0.973. The van der Waals surface area contributed by atoms with E-state index in [1.54, 1.807) is 0 Å². The summed E-state index contributed by atoms with van der Waals surface area (Å²) >= 11 is 0. The van der Waals surface area contributed by atoms with Gasteiger partial charge >= 0.3 is 5.76 Å². The van der Waals surface area contributed by atoms with E-state index in [4.69, 9.17) is 4.42 Å². The zero-order valence-electron chi connectivity index (χ0n) is 7.55. The van der Waals surface area contributed by atoms with E-state index >= 15 is 0 Å². The molecule has 2 heterocycles. The molecule has 14 heavy (non-hydrogen) atoms. The molecule has 0 amide bonds. The molecule has 0 saturated heterocycles. The minimum Gasteiger partial charge on any atom is -0.407 e. The highest BCUT2D eigenvalue weighted by Gasteiger charge is 2.08. The molecule has 2 aromatic heterocycles. The van der Waals surface area contributed by atoms with Crippen molar-refractivity contribution in [3.8, 4) is 0 Å². The number of aryl methyl sites for hydroxylation is 1. The quantitative estimate of drug-likeness (QED) is 0.566. The highest BCUT2D eigenvalue weighted by molar-refractivity contribution is 6.03. The number of benzene rings is 1. The number of hydrogen-bond donors (Lipinski definition) is 2. The second kappa shape index (κ2) is 2.29. The van der Waals surface area contributed by atoms with Crippen molar-refractivity contribution in [1.29, 1.82) is 0 Å². The Morgan fingerprint density at radius 2 is 2.07 bits per heavy atom. The summed E-state index contributed by atoms with van der Waals surface area (Å²) in [5.74, 6) is -0.409. The summed E-state index contributed by atoms with van der Waals surface area (Å²) in [6.07, 6.45) is 1.90. The van der Waals surface area contributed by atoms with Crippen LogP contribution in [0.3, 0.4) is 0 Å². The van der Waals surface area contributed by atoms with Crippen LogP contribution in [0.2, 0.25) is 0 Å². The van der Waals surface area contributed by atoms with Crippen molar-refractivity contribution >= 4 is 22.0 Å². The van der Waals surface area contributed by atoms with E-state index in [0.717, 1.165) is 22.0 Å². The molecule has 0 fully saturated rings. The SMILES string of the molecule is Cc1c[nH]c2ccc3[nH]c(=O)oc3c12. The van der Waals surface area contributed by atoms with Crippen LogP contribution in [0, 0.1) is 6.92 Å². The highest BCUT2D eigenvalue weighted by Crippen LogP contribution is 2.25. The summed E-state index contributed by atoms with van der Waals surface area (Å²) < 4.78 is 5.09. The molecule has 3 rings (SSSR count). The molecule has 3 aromatic rings. The number of fused-ring (bicyclic) bond motifs is 3. The molecule has 4 nitrogen and oxygen atoms in total. The first-order chi connectivity index (χ1) is 6.75. The second-order valence-electron chi connectivity index (χ2n) is 3.35. The Morgan fingerprint density at radius 1 is 1.29 bits per heavy atom. The molecule has 0 aliphatic rings. The van der Waals surface area contributed by atoms with Crippen LogP contribution < -0.4 is 5.76 Å². The van der Waals surface area contributed by atoms with Gasteiger partial charge in [-0.3, -0.25) is 4.98 Å². The fourth-order valence-electron chi connectivity index (χ4n) is 1.79. The molecule has 0 bridgehead atoms. The van der Waals surface area contributed by atoms with Crippen molar-refractivity contribution < 1.29 is 4.42 Å². The van der Waals surface area contributed by atoms with Crippen LogP contribution in [-0.2, 0) is 0 Å². The van der Waals surface area contributed by atoms with Crippen LogP contribution >= 0.6 is 0 Å². The topological polar surface area (TPSA) is 61.8 Å². The number of aromatic amines is 2. The third-order valence-corrected chi connectivity index (χ3v) is 2.43. The maximum atomic E-state index is 11.0. The van der Waals surface area contributed by atoms with Crippen molar-refractivity contribution in [2.75, 3.05) is 0 Å². The van der Waals surface area contributed by atoms with E-state index in [1.807, 2.05) is 25.3 Å². The van der Waals surface area contributed by atoms with Crippen molar-refractivity contribution in [2.24, 2.45) is 0 Å². The summed E-state index contributed by atoms with van der Waals surface area (Å²) in [6.45, 7) is 1.98. The predicted octanol–water partition coefficient (Wildman–Crippen LogP) is 1.91. The van der Waals surface area contributed by atoms with Gasteiger partial charge in [0.2, 0.25) is 0 Å². The van der Waals surface area contributed by atoms with Crippen LogP contribution in [-0.4, -0.2) is 9.97 Å². The van der Waals surface area contributed by atoms with Crippen LogP contribution in [0.1, 0.15) is 5.56 Å². The third kappa shape index (κ3) is 0.797. The lowest BCUT2D eigenvalue weighted by atomic mass is 10.2. The number of oxazole rings is 1. The molecule has 4 heteroatoms. The van der Waals surface area contributed by atoms with Crippen molar-refractivity contribution in [1.82, 2.24) is 9.97 Å². The van der Waals surface area contributed by atoms with Gasteiger partial charge in [-0.05, 0) is 24.6 Å². The van der Waals surface area contributed by atoms with Crippen molar-refractivity contribution in [2.45, 2.75) is 6.92 Å². The molecule has 1 aromatic carbocycles. The van der Waals surface area contributed by atoms with Gasteiger partial charge in [-0.1, -0.05) is 0 Å². The molecular formula is C10H8N2O2. The Kier molecular flexibility index (Phi) is 1.21. The summed E-state index contributed by atoms with van der Waals surface area (Å²) in [4.78, 5) is 16.8. The Hall–Kier alpha value is -1.97. The fraction of sp³-hybridized carbons (Fsp3) is 0.100. The van der Waals surface area contributed by atoms with Gasteiger partial charge in [0.25, 0.3) is 0 Å². The third-order valence-electron chi connectivity index (χ3n) is 2.43. The average Bonchev–Trinajstić information content (AvgIpc) is 2.68. The minimum atomic E-state index is -0.409. The van der Waals surface area contributed by atoms with Gasteiger partial charge in [0, 0.05) is 17.1 Å². The zero-order valence-corrected chi connectivity index (χ0v) is 7.55. The number of hydrogen-bond acceptors (Lipinski definition) is 2. The van der Waals surface area contributed by atoms with Gasteiger partial charge < -0.3 is 9.40 Å². The van der Waals surface area contributed by atoms with Crippen molar-refractivity contribution in [3.05, 3.63) is 34.4 Å². The van der Waals surface area contributed by atoms with E-state index in [2.05, 4.69) is 9.97 Å². The average molecular weight is 188 g/mol. The lowest BCUT2D eigenvalue weighted by Crippen LogP contribution is -1.92. The molecule has 70 valence electrons. The molecule has 0 aliphatic carbocycles. The van der Waals surface area contributed by atoms with Gasteiger partial charge in [-0.15, -0.1) is 0 Å². The fourth-order valence-corrected chi connectivity index (χ4v) is 1.79. The van der Waals surface area contributed by atoms with E-state index in [9.17, 15) is 4.79 Å². The standard InChI is InChI=1S/C10H8N2O2/c1-5-4-11-6-2-3-7-9(8(5)6)14-10(13)12-7/h2-4,11H,1H3,(H,12,13). The molecule has 0 atom stereocenters. The molecule has 0 aliphatic heterocycles. The molecule has 0 saturated carbocycles. The van der Waals surface area contributed by atoms with Crippen LogP contribution in [0.15, 0.2) is 27.5 Å². The molecular weight excluding hydrogens is 180 g/mol. The zero-order chi connectivity index (χ0) is 9.71. The molecule has 0 radical (unpaired) electrons. The lowest BCUT2D eigenvalue weighted by Gasteiger charge is -1.91. The first-order valence-corrected chi connectivity index (χ1v) is 4.35. The monoisotopic (exact) mass is 188 g/mol. The Morgan fingerprint density at radius 3 is 2.93 bits per heavy atom. The first-order valence-electron chi connectivity index (χ1n) is 4.35. The summed E-state index contributed by atoms with van der Waals surface area (Å²) in [7, 11) is 0. The predicted molar refractivity (Wildman–Crippen MR) is 53.4 cm³/mol. The van der Waals surface area contributed by atoms with Gasteiger partial charge in [0.05, 0.1) is 5.52 Å². The summed E-state index contributed by atoms with van der Waals surface area (Å²) in [6, 6.07) is 3.76. The largest absolute Gasteiger partial charge is 0.417 e. The van der Waals surface area contributed by atoms with Crippen LogP contribution in [0.25, 0.3) is 22.0 Å². The Labute approximate surface area is 78.5 Å². The van der Waals surface area contributed by atoms with E-state index in [1.165, 1.54) is 0 Å². The number of nitrogens with one attached hydrogen (secondary N) is 2. The second-order valence-corrected chi connectivity index (χ2v) is 3.35. The Balaban J connectivity index is 2.71. The Bertz CT molecular complexity index is 672. The maximum absolute atomic E-state index is 11.0. The van der Waals surface area contributed by atoms with Gasteiger partial charge in [-0.2, -0.15) is 0 Å².